The predicted molar refractivity (Wildman–Crippen MR) is 145 cm³/mol. The van der Waals surface area contributed by atoms with Gasteiger partial charge < -0.3 is 20.9 Å². The van der Waals surface area contributed by atoms with Crippen molar-refractivity contribution in [1.29, 1.82) is 0 Å². The van der Waals surface area contributed by atoms with Gasteiger partial charge in [-0.25, -0.2) is 8.42 Å². The minimum absolute atomic E-state index is 0.131. The maximum Gasteiger partial charge on any atom is 0.245 e. The minimum atomic E-state index is -3.98. The second-order valence-corrected chi connectivity index (χ2v) is 12.1. The summed E-state index contributed by atoms with van der Waals surface area (Å²) in [7, 11) is -3.98. The number of piperazine rings is 1. The Bertz CT molecular complexity index is 1250. The van der Waals surface area contributed by atoms with E-state index in [2.05, 4.69) is 25.8 Å². The summed E-state index contributed by atoms with van der Waals surface area (Å²) in [5.74, 6) is -0.231. The number of rotatable bonds is 8. The number of pyridine rings is 1. The molecular weight excluding hydrogens is 504 g/mol. The van der Waals surface area contributed by atoms with Crippen LogP contribution in [0.25, 0.3) is 0 Å². The monoisotopic (exact) mass is 540 g/mol. The third-order valence-corrected chi connectivity index (χ3v) is 9.75. The van der Waals surface area contributed by atoms with Gasteiger partial charge in [0.2, 0.25) is 21.8 Å². The van der Waals surface area contributed by atoms with Crippen molar-refractivity contribution in [3.05, 3.63) is 48.3 Å². The van der Waals surface area contributed by atoms with Crippen molar-refractivity contribution < 1.29 is 18.0 Å². The normalized spacial score (nSPS) is 20.8. The average Bonchev–Trinajstić information content (AvgIpc) is 2.94. The second-order valence-electron chi connectivity index (χ2n) is 10.2. The van der Waals surface area contributed by atoms with Crippen LogP contribution >= 0.6 is 0 Å². The number of aryl methyl sites for hydroxylation is 1. The third kappa shape index (κ3) is 5.78. The number of carbonyl (C=O) groups excluding carboxylic acids is 2. The van der Waals surface area contributed by atoms with E-state index in [-0.39, 0.29) is 30.3 Å². The molecule has 3 aliphatic rings. The first-order chi connectivity index (χ1) is 18.4. The molecule has 1 aromatic carbocycles. The van der Waals surface area contributed by atoms with E-state index >= 15 is 0 Å². The molecule has 10 nitrogen and oxygen atoms in total. The quantitative estimate of drug-likeness (QED) is 0.466. The van der Waals surface area contributed by atoms with Gasteiger partial charge in [0.1, 0.15) is 10.9 Å². The molecule has 2 amide bonds. The molecule has 0 bridgehead atoms. The number of anilines is 2. The number of fused-ring (bicyclic) bond motifs is 1. The largest absolute Gasteiger partial charge is 0.384 e. The Hall–Kier alpha value is -3.18. The van der Waals surface area contributed by atoms with Gasteiger partial charge in [-0.15, -0.1) is 0 Å². The smallest absolute Gasteiger partial charge is 0.245 e. The number of hydrogen-bond acceptors (Lipinski definition) is 7. The molecule has 0 spiro atoms. The highest BCUT2D eigenvalue weighted by atomic mass is 32.2. The van der Waals surface area contributed by atoms with E-state index in [9.17, 15) is 18.0 Å². The fourth-order valence-corrected chi connectivity index (χ4v) is 7.49. The van der Waals surface area contributed by atoms with Crippen LogP contribution in [0.1, 0.15) is 37.7 Å². The molecule has 0 unspecified atom stereocenters. The van der Waals surface area contributed by atoms with Crippen LogP contribution in [-0.2, 0) is 26.0 Å². The molecule has 204 valence electrons. The third-order valence-electron chi connectivity index (χ3n) is 7.80. The number of sulfonamides is 1. The summed E-state index contributed by atoms with van der Waals surface area (Å²) in [6.07, 6.45) is 8.11. The molecule has 0 radical (unpaired) electrons. The highest BCUT2D eigenvalue weighted by molar-refractivity contribution is 7.89. The van der Waals surface area contributed by atoms with E-state index in [0.29, 0.717) is 24.7 Å². The van der Waals surface area contributed by atoms with Crippen LogP contribution in [-0.4, -0.2) is 74.8 Å². The molecule has 4 heterocycles. The van der Waals surface area contributed by atoms with E-state index in [1.54, 1.807) is 24.5 Å². The molecule has 1 aromatic heterocycles. The Labute approximate surface area is 224 Å². The van der Waals surface area contributed by atoms with Gasteiger partial charge in [-0.1, -0.05) is 12.1 Å². The summed E-state index contributed by atoms with van der Waals surface area (Å²) >= 11 is 0. The van der Waals surface area contributed by atoms with E-state index < -0.39 is 22.0 Å². The molecule has 2 fully saturated rings. The molecule has 2 saturated heterocycles. The van der Waals surface area contributed by atoms with Gasteiger partial charge in [-0.2, -0.15) is 4.31 Å². The van der Waals surface area contributed by atoms with Gasteiger partial charge in [0.05, 0.1) is 12.1 Å². The summed E-state index contributed by atoms with van der Waals surface area (Å²) < 4.78 is 28.6. The van der Waals surface area contributed by atoms with Crippen LogP contribution in [0.5, 0.6) is 0 Å². The zero-order valence-electron chi connectivity index (χ0n) is 21.6. The van der Waals surface area contributed by atoms with Crippen LogP contribution < -0.4 is 20.9 Å². The Morgan fingerprint density at radius 3 is 2.63 bits per heavy atom. The van der Waals surface area contributed by atoms with Gasteiger partial charge in [0.15, 0.2) is 0 Å². The van der Waals surface area contributed by atoms with Crippen molar-refractivity contribution >= 4 is 33.2 Å². The molecule has 38 heavy (non-hydrogen) atoms. The molecule has 1 atom stereocenters. The van der Waals surface area contributed by atoms with Crippen LogP contribution in [0.15, 0.2) is 47.6 Å². The van der Waals surface area contributed by atoms with Crippen LogP contribution in [0.4, 0.5) is 11.4 Å². The van der Waals surface area contributed by atoms with E-state index in [4.69, 9.17) is 0 Å². The van der Waals surface area contributed by atoms with Gasteiger partial charge in [-0.05, 0) is 61.8 Å². The number of carbonyl (C=O) groups is 2. The maximum absolute atomic E-state index is 13.7. The van der Waals surface area contributed by atoms with Crippen LogP contribution in [0.2, 0.25) is 0 Å². The average molecular weight is 541 g/mol. The molecule has 11 heteroatoms. The summed E-state index contributed by atoms with van der Waals surface area (Å²) in [5.41, 5.74) is 2.76. The summed E-state index contributed by atoms with van der Waals surface area (Å²) in [5, 5.41) is 8.88. The van der Waals surface area contributed by atoms with Crippen molar-refractivity contribution in [1.82, 2.24) is 19.9 Å². The zero-order chi connectivity index (χ0) is 26.5. The standard InChI is InChI=1S/C27H36N6O4S/c34-25(29-14-6-20-9-16-32(17-10-20)22-7-12-28-13-8-22)19-23-27(35)31-15-18-33(23)38(36,37)24-5-1-3-21-4-2-11-30-26(21)24/h1,3,5,7-8,12-13,20,23,30H,2,4,6,9-11,14-19H2,(H,29,34)(H,31,35)/t23-/m1/s1. The van der Waals surface area contributed by atoms with E-state index in [1.807, 2.05) is 18.2 Å². The first-order valence-electron chi connectivity index (χ1n) is 13.5. The SMILES string of the molecule is O=C(C[C@@H]1C(=O)NCCN1S(=O)(=O)c1cccc2c1NCCC2)NCCC1CCN(c2ccncc2)CC1. The van der Waals surface area contributed by atoms with Gasteiger partial charge in [0.25, 0.3) is 0 Å². The van der Waals surface area contributed by atoms with Crippen LogP contribution in [0, 0.1) is 5.92 Å². The molecule has 3 aliphatic heterocycles. The molecule has 0 aliphatic carbocycles. The van der Waals surface area contributed by atoms with Gasteiger partial charge in [-0.3, -0.25) is 14.6 Å². The molecular formula is C27H36N6O4S. The molecule has 0 saturated carbocycles. The summed E-state index contributed by atoms with van der Waals surface area (Å²) in [6, 6.07) is 8.22. The predicted octanol–water partition coefficient (Wildman–Crippen LogP) is 1.74. The number of hydrogen-bond donors (Lipinski definition) is 3. The lowest BCUT2D eigenvalue weighted by atomic mass is 9.93. The lowest BCUT2D eigenvalue weighted by Crippen LogP contribution is -2.58. The first kappa shape index (κ1) is 26.4. The first-order valence-corrected chi connectivity index (χ1v) is 14.9. The highest BCUT2D eigenvalue weighted by Gasteiger charge is 2.41. The van der Waals surface area contributed by atoms with Crippen LogP contribution in [0.3, 0.4) is 0 Å². The molecule has 3 N–H and O–H groups in total. The van der Waals surface area contributed by atoms with Gasteiger partial charge >= 0.3 is 0 Å². The van der Waals surface area contributed by atoms with Crippen molar-refractivity contribution in [2.45, 2.75) is 49.5 Å². The Morgan fingerprint density at radius 1 is 1.05 bits per heavy atom. The molecule has 5 rings (SSSR count). The van der Waals surface area contributed by atoms with E-state index in [1.165, 1.54) is 9.99 Å². The second kappa shape index (κ2) is 11.7. The van der Waals surface area contributed by atoms with Gasteiger partial charge in [0, 0.05) is 57.3 Å². The number of amides is 2. The number of nitrogens with one attached hydrogen (secondary N) is 3. The van der Waals surface area contributed by atoms with Crippen molar-refractivity contribution in [2.24, 2.45) is 5.92 Å². The molecule has 2 aromatic rings. The van der Waals surface area contributed by atoms with Crippen molar-refractivity contribution in [2.75, 3.05) is 49.5 Å². The van der Waals surface area contributed by atoms with Crippen molar-refractivity contribution in [3.8, 4) is 0 Å². The Balaban J connectivity index is 1.16. The highest BCUT2D eigenvalue weighted by Crippen LogP contribution is 2.33. The number of benzene rings is 1. The number of nitrogens with zero attached hydrogens (tertiary/aromatic N) is 3. The zero-order valence-corrected chi connectivity index (χ0v) is 22.4. The lowest BCUT2D eigenvalue weighted by Gasteiger charge is -2.35. The topological polar surface area (TPSA) is 124 Å². The Morgan fingerprint density at radius 2 is 1.84 bits per heavy atom. The lowest BCUT2D eigenvalue weighted by molar-refractivity contribution is -0.131. The summed E-state index contributed by atoms with van der Waals surface area (Å²) in [6.45, 7) is 3.50. The Kier molecular flexibility index (Phi) is 8.13. The number of para-hydroxylation sites is 1. The maximum atomic E-state index is 13.7. The fraction of sp³-hybridized carbons (Fsp3) is 0.519. The van der Waals surface area contributed by atoms with E-state index in [0.717, 1.165) is 50.8 Å². The minimum Gasteiger partial charge on any atom is -0.384 e. The summed E-state index contributed by atoms with van der Waals surface area (Å²) in [4.78, 5) is 32.2. The fourth-order valence-electron chi connectivity index (χ4n) is 5.69. The number of aromatic nitrogens is 1. The van der Waals surface area contributed by atoms with Crippen molar-refractivity contribution in [3.63, 3.8) is 0 Å². The number of piperidine rings is 1.